The molecule has 4 unspecified atom stereocenters. The topological polar surface area (TPSA) is 130 Å². The third kappa shape index (κ3) is 10.3. The molecule has 0 radical (unpaired) electrons. The number of ether oxygens (including phenoxy) is 6. The van der Waals surface area contributed by atoms with Crippen molar-refractivity contribution in [2.24, 2.45) is 10.8 Å². The number of hydrogen-bond acceptors (Lipinski definition) is 10. The van der Waals surface area contributed by atoms with E-state index in [1.54, 1.807) is 27.7 Å². The summed E-state index contributed by atoms with van der Waals surface area (Å²) in [6, 6.07) is 0. The van der Waals surface area contributed by atoms with Crippen LogP contribution in [-0.4, -0.2) is 77.7 Å². The van der Waals surface area contributed by atoms with Crippen LogP contribution < -0.4 is 0 Å². The van der Waals surface area contributed by atoms with Crippen molar-refractivity contribution in [2.45, 2.75) is 139 Å². The minimum Gasteiger partial charge on any atom is -0.435 e. The van der Waals surface area contributed by atoms with Crippen molar-refractivity contribution >= 4 is 11.9 Å². The SMILES string of the molecule is C.C.C.C.CCC(C)(C)C(=O)OC1(C)OCOC(O)(C(F)(F)F)C1(F)F.CCC(C)(C)C(=O)OC1CC(O)(C(F)(F)F)OCO1. The molecule has 0 saturated carbocycles. The lowest BCUT2D eigenvalue weighted by Crippen LogP contribution is -2.73. The molecule has 45 heavy (non-hydrogen) atoms. The van der Waals surface area contributed by atoms with Gasteiger partial charge in [0.25, 0.3) is 11.6 Å². The Bertz CT molecular complexity index is 942. The van der Waals surface area contributed by atoms with Gasteiger partial charge >= 0.3 is 36.0 Å². The number of halogens is 8. The molecule has 2 N–H and O–H groups in total. The largest absolute Gasteiger partial charge is 0.450 e. The molecular formula is C27H50F8O10. The monoisotopic (exact) mass is 686 g/mol. The van der Waals surface area contributed by atoms with E-state index in [0.29, 0.717) is 13.3 Å². The van der Waals surface area contributed by atoms with Crippen molar-refractivity contribution < 1.29 is 83.3 Å². The average molecular weight is 687 g/mol. The van der Waals surface area contributed by atoms with Crippen LogP contribution in [0, 0.1) is 10.8 Å². The van der Waals surface area contributed by atoms with Crippen molar-refractivity contribution in [1.82, 2.24) is 0 Å². The summed E-state index contributed by atoms with van der Waals surface area (Å²) in [7, 11) is 0. The van der Waals surface area contributed by atoms with E-state index in [0.717, 1.165) is 0 Å². The van der Waals surface area contributed by atoms with Crippen molar-refractivity contribution in [2.75, 3.05) is 13.6 Å². The van der Waals surface area contributed by atoms with E-state index in [2.05, 4.69) is 18.9 Å². The van der Waals surface area contributed by atoms with Gasteiger partial charge < -0.3 is 38.6 Å². The maximum Gasteiger partial charge on any atom is 0.450 e. The zero-order valence-corrected chi connectivity index (χ0v) is 23.3. The highest BCUT2D eigenvalue weighted by Crippen LogP contribution is 2.52. The van der Waals surface area contributed by atoms with Gasteiger partial charge in [0.1, 0.15) is 0 Å². The fraction of sp³-hybridized carbons (Fsp3) is 0.926. The molecule has 274 valence electrons. The first-order valence-electron chi connectivity index (χ1n) is 12.1. The second kappa shape index (κ2) is 16.3. The number of rotatable bonds is 6. The lowest BCUT2D eigenvalue weighted by atomic mass is 9.90. The summed E-state index contributed by atoms with van der Waals surface area (Å²) in [6.07, 6.45) is -12.7. The summed E-state index contributed by atoms with van der Waals surface area (Å²) in [5.41, 5.74) is -2.06. The van der Waals surface area contributed by atoms with Gasteiger partial charge in [-0.3, -0.25) is 9.59 Å². The van der Waals surface area contributed by atoms with E-state index in [1.807, 2.05) is 0 Å². The van der Waals surface area contributed by atoms with Gasteiger partial charge in [-0.15, -0.1) is 0 Å². The predicted molar refractivity (Wildman–Crippen MR) is 145 cm³/mol. The molecule has 10 nitrogen and oxygen atoms in total. The van der Waals surface area contributed by atoms with Gasteiger partial charge in [0.05, 0.1) is 17.3 Å². The number of esters is 2. The van der Waals surface area contributed by atoms with E-state index in [-0.39, 0.29) is 36.1 Å². The van der Waals surface area contributed by atoms with Gasteiger partial charge in [-0.1, -0.05) is 43.6 Å². The molecule has 2 rings (SSSR count). The van der Waals surface area contributed by atoms with Crippen LogP contribution in [0.25, 0.3) is 0 Å². The standard InChI is InChI=1S/C12H17F5O5.C11H17F3O5.4CH4/c1-5-8(2,3)7(18)22-9(4)10(13,14)11(19,12(15,16)17)21-6-20-9;1-4-9(2,3)8(15)19-7-5-10(16,11(12,13)14)18-6-17-7;;;;/h19H,5-6H2,1-4H3;7,16H,4-6H2,1-3H3;4*1H4. The molecule has 0 aliphatic carbocycles. The molecule has 0 aromatic carbocycles. The summed E-state index contributed by atoms with van der Waals surface area (Å²) >= 11 is 0. The molecule has 0 bridgehead atoms. The molecule has 0 amide bonds. The average Bonchev–Trinajstić information content (AvgIpc) is 2.81. The molecule has 4 atom stereocenters. The van der Waals surface area contributed by atoms with Crippen molar-refractivity contribution in [1.29, 1.82) is 0 Å². The van der Waals surface area contributed by atoms with E-state index in [9.17, 15) is 54.9 Å². The molecular weight excluding hydrogens is 636 g/mol. The van der Waals surface area contributed by atoms with Crippen molar-refractivity contribution in [3.05, 3.63) is 0 Å². The van der Waals surface area contributed by atoms with Crippen LogP contribution in [0.1, 0.15) is 97.4 Å². The highest BCUT2D eigenvalue weighted by molar-refractivity contribution is 5.76. The molecule has 0 aromatic rings. The van der Waals surface area contributed by atoms with E-state index >= 15 is 0 Å². The number of hydrogen-bond donors (Lipinski definition) is 2. The number of alkyl halides is 8. The smallest absolute Gasteiger partial charge is 0.435 e. The minimum atomic E-state index is -5.83. The Hall–Kier alpha value is -1.86. The van der Waals surface area contributed by atoms with Gasteiger partial charge in [-0.25, -0.2) is 0 Å². The Morgan fingerprint density at radius 1 is 0.778 bits per heavy atom. The van der Waals surface area contributed by atoms with Crippen LogP contribution >= 0.6 is 0 Å². The molecule has 2 saturated heterocycles. The van der Waals surface area contributed by atoms with Gasteiger partial charge in [0.2, 0.25) is 6.29 Å². The highest BCUT2D eigenvalue weighted by Gasteiger charge is 2.81. The fourth-order valence-corrected chi connectivity index (χ4v) is 2.78. The zero-order chi connectivity index (χ0) is 32.5. The highest BCUT2D eigenvalue weighted by atomic mass is 19.4. The Kier molecular flexibility index (Phi) is 18.1. The molecule has 18 heteroatoms. The van der Waals surface area contributed by atoms with Gasteiger partial charge in [0.15, 0.2) is 13.6 Å². The first-order chi connectivity index (χ1) is 18.2. The molecule has 2 heterocycles. The van der Waals surface area contributed by atoms with Crippen LogP contribution in [0.5, 0.6) is 0 Å². The molecule has 2 aliphatic heterocycles. The molecule has 2 fully saturated rings. The summed E-state index contributed by atoms with van der Waals surface area (Å²) in [4.78, 5) is 23.6. The van der Waals surface area contributed by atoms with E-state index in [4.69, 9.17) is 9.47 Å². The normalized spacial score (nSPS) is 28.2. The van der Waals surface area contributed by atoms with Gasteiger partial charge in [0, 0.05) is 6.92 Å². The number of aliphatic hydroxyl groups is 2. The van der Waals surface area contributed by atoms with Crippen molar-refractivity contribution in [3.8, 4) is 0 Å². The first-order valence-corrected chi connectivity index (χ1v) is 12.1. The van der Waals surface area contributed by atoms with E-state index < -0.39 is 84.7 Å². The Labute approximate surface area is 259 Å². The number of carbonyl (C=O) groups is 2. The molecule has 0 spiro atoms. The first kappa shape index (κ1) is 50.0. The maximum atomic E-state index is 14.2. The summed E-state index contributed by atoms with van der Waals surface area (Å²) in [5.74, 6) is -18.5. The van der Waals surface area contributed by atoms with Gasteiger partial charge in [-0.05, 0) is 40.5 Å². The van der Waals surface area contributed by atoms with Crippen LogP contribution in [0.15, 0.2) is 0 Å². The predicted octanol–water partition coefficient (Wildman–Crippen LogP) is 7.05. The zero-order valence-electron chi connectivity index (χ0n) is 23.3. The Morgan fingerprint density at radius 3 is 1.62 bits per heavy atom. The van der Waals surface area contributed by atoms with Crippen LogP contribution in [-0.2, 0) is 38.0 Å². The minimum absolute atomic E-state index is 0. The summed E-state index contributed by atoms with van der Waals surface area (Å²) in [5, 5.41) is 18.6. The third-order valence-corrected chi connectivity index (χ3v) is 6.82. The van der Waals surface area contributed by atoms with Crippen LogP contribution in [0.4, 0.5) is 35.1 Å². The lowest BCUT2D eigenvalue weighted by molar-refractivity contribution is -0.526. The quantitative estimate of drug-likeness (QED) is 0.221. The van der Waals surface area contributed by atoms with Crippen molar-refractivity contribution in [3.63, 3.8) is 0 Å². The molecule has 2 aliphatic rings. The second-order valence-corrected chi connectivity index (χ2v) is 10.7. The number of carbonyl (C=O) groups excluding carboxylic acids is 2. The fourth-order valence-electron chi connectivity index (χ4n) is 2.78. The molecule has 0 aromatic heterocycles. The summed E-state index contributed by atoms with van der Waals surface area (Å²) < 4.78 is 131. The second-order valence-electron chi connectivity index (χ2n) is 10.7. The Morgan fingerprint density at radius 2 is 1.22 bits per heavy atom. The summed E-state index contributed by atoms with van der Waals surface area (Å²) in [6.45, 7) is 7.56. The van der Waals surface area contributed by atoms with Crippen LogP contribution in [0.2, 0.25) is 0 Å². The Balaban J connectivity index is -0.000000346. The third-order valence-electron chi connectivity index (χ3n) is 6.82. The maximum absolute atomic E-state index is 14.2. The van der Waals surface area contributed by atoms with Gasteiger partial charge in [-0.2, -0.15) is 35.1 Å². The van der Waals surface area contributed by atoms with Crippen LogP contribution in [0.3, 0.4) is 0 Å². The van der Waals surface area contributed by atoms with E-state index in [1.165, 1.54) is 13.8 Å². The lowest BCUT2D eigenvalue weighted by Gasteiger charge is -2.48.